The Balaban J connectivity index is 1.61. The highest BCUT2D eigenvalue weighted by Gasteiger charge is 2.25. The number of amides is 2. The molecule has 170 valence electrons. The number of ether oxygens (including phenoxy) is 2. The molecule has 32 heavy (non-hydrogen) atoms. The molecular weight excluding hydrogens is 406 g/mol. The summed E-state index contributed by atoms with van der Waals surface area (Å²) in [6.45, 7) is 3.49. The van der Waals surface area contributed by atoms with Gasteiger partial charge in [-0.3, -0.25) is 9.59 Å². The molecular formula is C25H31N3O4. The monoisotopic (exact) mass is 437 g/mol. The van der Waals surface area contributed by atoms with Crippen molar-refractivity contribution in [2.45, 2.75) is 32.1 Å². The van der Waals surface area contributed by atoms with Crippen LogP contribution in [0.25, 0.3) is 0 Å². The van der Waals surface area contributed by atoms with Crippen molar-refractivity contribution >= 4 is 23.2 Å². The highest BCUT2D eigenvalue weighted by molar-refractivity contribution is 6.06. The molecule has 0 saturated carbocycles. The Morgan fingerprint density at radius 2 is 1.44 bits per heavy atom. The molecule has 7 nitrogen and oxygen atoms in total. The molecule has 2 aliphatic heterocycles. The van der Waals surface area contributed by atoms with Gasteiger partial charge >= 0.3 is 0 Å². The lowest BCUT2D eigenvalue weighted by Crippen LogP contribution is -2.36. The van der Waals surface area contributed by atoms with Crippen LogP contribution in [0.4, 0.5) is 11.4 Å². The number of benzene rings is 2. The minimum absolute atomic E-state index is 0.0470. The number of likely N-dealkylation sites (tertiary alicyclic amines) is 1. The number of nitrogens with one attached hydrogen (secondary N) is 1. The summed E-state index contributed by atoms with van der Waals surface area (Å²) >= 11 is 0. The normalized spacial score (nSPS) is 16.1. The summed E-state index contributed by atoms with van der Waals surface area (Å²) in [6, 6.07) is 10.7. The van der Waals surface area contributed by atoms with Gasteiger partial charge < -0.3 is 24.6 Å². The lowest BCUT2D eigenvalue weighted by atomic mass is 10.1. The van der Waals surface area contributed by atoms with E-state index >= 15 is 0 Å². The summed E-state index contributed by atoms with van der Waals surface area (Å²) in [7, 11) is 3.10. The molecule has 0 bridgehead atoms. The molecule has 2 aliphatic rings. The summed E-state index contributed by atoms with van der Waals surface area (Å²) in [5.74, 6) is 0.845. The Kier molecular flexibility index (Phi) is 6.83. The van der Waals surface area contributed by atoms with Gasteiger partial charge in [-0.2, -0.15) is 0 Å². The summed E-state index contributed by atoms with van der Waals surface area (Å²) in [5.41, 5.74) is 2.64. The molecule has 2 aromatic carbocycles. The van der Waals surface area contributed by atoms with E-state index < -0.39 is 0 Å². The van der Waals surface area contributed by atoms with Crippen molar-refractivity contribution in [3.63, 3.8) is 0 Å². The second-order valence-corrected chi connectivity index (χ2v) is 8.33. The van der Waals surface area contributed by atoms with Gasteiger partial charge in [-0.05, 0) is 62.4 Å². The third-order valence-corrected chi connectivity index (χ3v) is 6.19. The van der Waals surface area contributed by atoms with Gasteiger partial charge in [0, 0.05) is 49.2 Å². The molecule has 1 N–H and O–H groups in total. The zero-order chi connectivity index (χ0) is 22.5. The van der Waals surface area contributed by atoms with Crippen LogP contribution in [-0.2, 0) is 0 Å². The maximum absolute atomic E-state index is 13.4. The largest absolute Gasteiger partial charge is 0.497 e. The molecule has 0 unspecified atom stereocenters. The van der Waals surface area contributed by atoms with Gasteiger partial charge in [0.25, 0.3) is 11.8 Å². The number of carbonyl (C=O) groups excluding carboxylic acids is 2. The van der Waals surface area contributed by atoms with Crippen molar-refractivity contribution in [3.8, 4) is 11.5 Å². The standard InChI is InChI=1S/C25H31N3O4/c1-31-20-14-18(15-21(17-20)32-2)24(29)26-19-8-9-23(27-10-6-7-11-27)22(16-19)25(30)28-12-4-3-5-13-28/h8-9,14-17H,3-7,10-13H2,1-2H3,(H,26,29). The number of carbonyl (C=O) groups is 2. The van der Waals surface area contributed by atoms with Crippen molar-refractivity contribution in [2.24, 2.45) is 0 Å². The first-order valence-corrected chi connectivity index (χ1v) is 11.3. The van der Waals surface area contributed by atoms with E-state index in [4.69, 9.17) is 9.47 Å². The molecule has 0 aliphatic carbocycles. The minimum Gasteiger partial charge on any atom is -0.497 e. The predicted molar refractivity (Wildman–Crippen MR) is 125 cm³/mol. The van der Waals surface area contributed by atoms with Crippen LogP contribution in [0.3, 0.4) is 0 Å². The van der Waals surface area contributed by atoms with Crippen molar-refractivity contribution in [2.75, 3.05) is 50.6 Å². The molecule has 2 fully saturated rings. The molecule has 7 heteroatoms. The number of anilines is 2. The van der Waals surface area contributed by atoms with Gasteiger partial charge in [0.1, 0.15) is 11.5 Å². The van der Waals surface area contributed by atoms with Gasteiger partial charge in [0.2, 0.25) is 0 Å². The van der Waals surface area contributed by atoms with Crippen LogP contribution in [0.15, 0.2) is 36.4 Å². The van der Waals surface area contributed by atoms with E-state index in [1.54, 1.807) is 32.4 Å². The Morgan fingerprint density at radius 3 is 2.06 bits per heavy atom. The number of hydrogen-bond donors (Lipinski definition) is 1. The van der Waals surface area contributed by atoms with Crippen LogP contribution in [0, 0.1) is 0 Å². The SMILES string of the molecule is COc1cc(OC)cc(C(=O)Nc2ccc(N3CCCC3)c(C(=O)N3CCCCC3)c2)c1. The van der Waals surface area contributed by atoms with E-state index in [-0.39, 0.29) is 11.8 Å². The van der Waals surface area contributed by atoms with Gasteiger partial charge in [-0.1, -0.05) is 0 Å². The molecule has 2 amide bonds. The molecule has 2 heterocycles. The van der Waals surface area contributed by atoms with Crippen LogP contribution in [0.5, 0.6) is 11.5 Å². The third kappa shape index (κ3) is 4.82. The zero-order valence-electron chi connectivity index (χ0n) is 18.9. The minimum atomic E-state index is -0.285. The maximum Gasteiger partial charge on any atom is 0.256 e. The van der Waals surface area contributed by atoms with Crippen LogP contribution < -0.4 is 19.7 Å². The lowest BCUT2D eigenvalue weighted by molar-refractivity contribution is 0.0724. The first-order chi connectivity index (χ1) is 15.6. The molecule has 0 atom stereocenters. The summed E-state index contributed by atoms with van der Waals surface area (Å²) in [6.07, 6.45) is 5.52. The predicted octanol–water partition coefficient (Wildman–Crippen LogP) is 4.18. The van der Waals surface area contributed by atoms with E-state index in [1.165, 1.54) is 6.42 Å². The Labute approximate surface area is 189 Å². The molecule has 2 saturated heterocycles. The zero-order valence-corrected chi connectivity index (χ0v) is 18.9. The summed E-state index contributed by atoms with van der Waals surface area (Å²) < 4.78 is 10.5. The summed E-state index contributed by atoms with van der Waals surface area (Å²) in [5, 5.41) is 2.94. The van der Waals surface area contributed by atoms with Crippen LogP contribution >= 0.6 is 0 Å². The first kappa shape index (κ1) is 22.0. The molecule has 0 spiro atoms. The van der Waals surface area contributed by atoms with Gasteiger partial charge in [-0.25, -0.2) is 0 Å². The lowest BCUT2D eigenvalue weighted by Gasteiger charge is -2.29. The first-order valence-electron chi connectivity index (χ1n) is 11.3. The second kappa shape index (κ2) is 9.94. The van der Waals surface area contributed by atoms with E-state index in [9.17, 15) is 9.59 Å². The topological polar surface area (TPSA) is 71.1 Å². The van der Waals surface area contributed by atoms with Crippen molar-refractivity contribution < 1.29 is 19.1 Å². The third-order valence-electron chi connectivity index (χ3n) is 6.19. The summed E-state index contributed by atoms with van der Waals surface area (Å²) in [4.78, 5) is 30.6. The molecule has 0 radical (unpaired) electrons. The Hall–Kier alpha value is -3.22. The molecule has 4 rings (SSSR count). The Morgan fingerprint density at radius 1 is 0.812 bits per heavy atom. The van der Waals surface area contributed by atoms with Crippen molar-refractivity contribution in [3.05, 3.63) is 47.5 Å². The van der Waals surface area contributed by atoms with E-state index in [0.717, 1.165) is 57.5 Å². The fraction of sp³-hybridized carbons (Fsp3) is 0.440. The smallest absolute Gasteiger partial charge is 0.256 e. The number of methoxy groups -OCH3 is 2. The maximum atomic E-state index is 13.4. The number of rotatable bonds is 6. The van der Waals surface area contributed by atoms with Gasteiger partial charge in [0.05, 0.1) is 19.8 Å². The molecule has 2 aromatic rings. The second-order valence-electron chi connectivity index (χ2n) is 8.33. The fourth-order valence-corrected chi connectivity index (χ4v) is 4.43. The van der Waals surface area contributed by atoms with Gasteiger partial charge in [-0.15, -0.1) is 0 Å². The average molecular weight is 438 g/mol. The van der Waals surface area contributed by atoms with Gasteiger partial charge in [0.15, 0.2) is 0 Å². The fourth-order valence-electron chi connectivity index (χ4n) is 4.43. The molecule has 0 aromatic heterocycles. The number of hydrogen-bond acceptors (Lipinski definition) is 5. The highest BCUT2D eigenvalue weighted by atomic mass is 16.5. The van der Waals surface area contributed by atoms with E-state index in [2.05, 4.69) is 10.2 Å². The highest BCUT2D eigenvalue weighted by Crippen LogP contribution is 2.30. The van der Waals surface area contributed by atoms with Crippen LogP contribution in [-0.4, -0.2) is 57.1 Å². The van der Waals surface area contributed by atoms with Crippen LogP contribution in [0.2, 0.25) is 0 Å². The Bertz CT molecular complexity index is 957. The number of piperidine rings is 1. The van der Waals surface area contributed by atoms with E-state index in [1.807, 2.05) is 23.1 Å². The quantitative estimate of drug-likeness (QED) is 0.734. The number of nitrogens with zero attached hydrogens (tertiary/aromatic N) is 2. The van der Waals surface area contributed by atoms with Crippen LogP contribution in [0.1, 0.15) is 52.8 Å². The van der Waals surface area contributed by atoms with E-state index in [0.29, 0.717) is 28.3 Å². The van der Waals surface area contributed by atoms with Crippen molar-refractivity contribution in [1.29, 1.82) is 0 Å². The average Bonchev–Trinajstić information content (AvgIpc) is 3.38. The van der Waals surface area contributed by atoms with Crippen molar-refractivity contribution in [1.82, 2.24) is 4.90 Å².